The lowest BCUT2D eigenvalue weighted by atomic mass is 10.0. The lowest BCUT2D eigenvalue weighted by Crippen LogP contribution is -2.46. The first-order chi connectivity index (χ1) is 9.74. The largest absolute Gasteiger partial charge is 0.491 e. The van der Waals surface area contributed by atoms with E-state index in [0.717, 1.165) is 38.4 Å². The first kappa shape index (κ1) is 15.2. The minimum absolute atomic E-state index is 0.518. The number of rotatable bonds is 6. The Labute approximate surface area is 123 Å². The maximum absolute atomic E-state index is 5.87. The van der Waals surface area contributed by atoms with Crippen LogP contribution in [0, 0.1) is 5.92 Å². The lowest BCUT2D eigenvalue weighted by molar-refractivity contribution is 0.321. The van der Waals surface area contributed by atoms with Gasteiger partial charge in [0.05, 0.1) is 12.3 Å². The van der Waals surface area contributed by atoms with Gasteiger partial charge in [0.15, 0.2) is 0 Å². The van der Waals surface area contributed by atoms with Crippen molar-refractivity contribution >= 4 is 5.69 Å². The molecule has 0 saturated heterocycles. The molecule has 0 amide bonds. The van der Waals surface area contributed by atoms with Crippen LogP contribution in [-0.4, -0.2) is 32.3 Å². The molecule has 1 unspecified atom stereocenters. The molecule has 3 heteroatoms. The summed E-state index contributed by atoms with van der Waals surface area (Å²) in [7, 11) is 0. The monoisotopic (exact) mass is 276 g/mol. The molecule has 1 aromatic rings. The predicted molar refractivity (Wildman–Crippen MR) is 85.7 cm³/mol. The molecular weight excluding hydrogens is 248 g/mol. The van der Waals surface area contributed by atoms with Gasteiger partial charge in [0.2, 0.25) is 0 Å². The van der Waals surface area contributed by atoms with Gasteiger partial charge in [0.25, 0.3) is 0 Å². The fourth-order valence-electron chi connectivity index (χ4n) is 2.83. The highest BCUT2D eigenvalue weighted by Gasteiger charge is 2.25. The van der Waals surface area contributed by atoms with Gasteiger partial charge >= 0.3 is 0 Å². The average Bonchev–Trinajstić information content (AvgIpc) is 2.66. The summed E-state index contributed by atoms with van der Waals surface area (Å²) >= 11 is 0. The Kier molecular flexibility index (Phi) is 5.72. The Morgan fingerprint density at radius 2 is 2.10 bits per heavy atom. The third kappa shape index (κ3) is 3.66. The molecule has 1 atom stereocenters. The van der Waals surface area contributed by atoms with Crippen LogP contribution in [0.2, 0.25) is 0 Å². The predicted octanol–water partition coefficient (Wildman–Crippen LogP) is 3.30. The van der Waals surface area contributed by atoms with Gasteiger partial charge in [-0.15, -0.1) is 0 Å². The molecule has 0 saturated carbocycles. The molecule has 0 fully saturated rings. The molecule has 1 aliphatic rings. The van der Waals surface area contributed by atoms with Gasteiger partial charge in [-0.25, -0.2) is 0 Å². The summed E-state index contributed by atoms with van der Waals surface area (Å²) in [6.45, 7) is 10.9. The van der Waals surface area contributed by atoms with Gasteiger partial charge in [0, 0.05) is 19.1 Å². The summed E-state index contributed by atoms with van der Waals surface area (Å²) < 4.78 is 5.87. The van der Waals surface area contributed by atoms with Gasteiger partial charge in [-0.05, 0) is 37.4 Å². The van der Waals surface area contributed by atoms with E-state index < -0.39 is 0 Å². The first-order valence-corrected chi connectivity index (χ1v) is 7.93. The van der Waals surface area contributed by atoms with Gasteiger partial charge in [-0.3, -0.25) is 0 Å². The van der Waals surface area contributed by atoms with Gasteiger partial charge in [-0.2, -0.15) is 0 Å². The van der Waals surface area contributed by atoms with Crippen molar-refractivity contribution in [2.45, 2.75) is 39.7 Å². The van der Waals surface area contributed by atoms with Gasteiger partial charge < -0.3 is 15.0 Å². The second kappa shape index (κ2) is 7.53. The van der Waals surface area contributed by atoms with Crippen molar-refractivity contribution < 1.29 is 4.74 Å². The van der Waals surface area contributed by atoms with E-state index in [1.165, 1.54) is 12.1 Å². The fraction of sp³-hybridized carbons (Fsp3) is 0.647. The van der Waals surface area contributed by atoms with Crippen LogP contribution in [0.4, 0.5) is 5.69 Å². The molecule has 1 aromatic carbocycles. The number of ether oxygens (including phenoxy) is 1. The van der Waals surface area contributed by atoms with Crippen molar-refractivity contribution in [1.82, 2.24) is 5.32 Å². The number of nitrogens with one attached hydrogen (secondary N) is 1. The fourth-order valence-corrected chi connectivity index (χ4v) is 2.83. The van der Waals surface area contributed by atoms with Gasteiger partial charge in [0.1, 0.15) is 5.75 Å². The zero-order chi connectivity index (χ0) is 14.4. The number of nitrogens with zero attached hydrogens (tertiary/aromatic N) is 1. The number of fused-ring (bicyclic) bond motifs is 1. The van der Waals surface area contributed by atoms with Crippen LogP contribution in [0.1, 0.15) is 33.6 Å². The molecule has 0 spiro atoms. The topological polar surface area (TPSA) is 24.5 Å². The van der Waals surface area contributed by atoms with E-state index >= 15 is 0 Å². The Morgan fingerprint density at radius 1 is 1.30 bits per heavy atom. The highest BCUT2D eigenvalue weighted by atomic mass is 16.5. The summed E-state index contributed by atoms with van der Waals surface area (Å²) in [4.78, 5) is 2.54. The van der Waals surface area contributed by atoms with Crippen molar-refractivity contribution in [2.75, 3.05) is 31.1 Å². The smallest absolute Gasteiger partial charge is 0.142 e. The van der Waals surface area contributed by atoms with Crippen LogP contribution in [0.25, 0.3) is 0 Å². The Hall–Kier alpha value is -1.22. The summed E-state index contributed by atoms with van der Waals surface area (Å²) in [5.74, 6) is 1.65. The zero-order valence-electron chi connectivity index (χ0n) is 13.1. The van der Waals surface area contributed by atoms with E-state index in [-0.39, 0.29) is 0 Å². The molecule has 1 heterocycles. The molecule has 0 aromatic heterocycles. The maximum Gasteiger partial charge on any atom is 0.142 e. The molecule has 3 nitrogen and oxygen atoms in total. The second-order valence-electron chi connectivity index (χ2n) is 5.88. The van der Waals surface area contributed by atoms with Gasteiger partial charge in [-0.1, -0.05) is 32.9 Å². The third-order valence-electron chi connectivity index (χ3n) is 3.93. The SMILES string of the molecule is CCCNCC(C(C)C)N1CCCOc2ccccc21. The number of hydrogen-bond donors (Lipinski definition) is 1. The van der Waals surface area contributed by atoms with Crippen molar-refractivity contribution in [1.29, 1.82) is 0 Å². The molecule has 0 bridgehead atoms. The molecule has 20 heavy (non-hydrogen) atoms. The van der Waals surface area contributed by atoms with E-state index in [2.05, 4.69) is 55.3 Å². The van der Waals surface area contributed by atoms with Crippen LogP contribution in [0.3, 0.4) is 0 Å². The van der Waals surface area contributed by atoms with E-state index in [0.29, 0.717) is 12.0 Å². The van der Waals surface area contributed by atoms with Crippen molar-refractivity contribution in [2.24, 2.45) is 5.92 Å². The zero-order valence-corrected chi connectivity index (χ0v) is 13.1. The van der Waals surface area contributed by atoms with E-state index in [1.54, 1.807) is 0 Å². The molecule has 0 radical (unpaired) electrons. The molecule has 1 N–H and O–H groups in total. The van der Waals surface area contributed by atoms with Crippen LogP contribution < -0.4 is 15.0 Å². The number of hydrogen-bond acceptors (Lipinski definition) is 3. The number of para-hydroxylation sites is 2. The standard InChI is InChI=1S/C17H28N2O/c1-4-10-18-13-16(14(2)3)19-11-7-12-20-17-9-6-5-8-15(17)19/h5-6,8-9,14,16,18H,4,7,10-13H2,1-3H3. The highest BCUT2D eigenvalue weighted by Crippen LogP contribution is 2.33. The average molecular weight is 276 g/mol. The summed E-state index contributed by atoms with van der Waals surface area (Å²) in [6, 6.07) is 8.96. The van der Waals surface area contributed by atoms with E-state index in [1.807, 2.05) is 0 Å². The minimum atomic E-state index is 0.518. The first-order valence-electron chi connectivity index (χ1n) is 7.93. The van der Waals surface area contributed by atoms with Crippen molar-refractivity contribution in [3.05, 3.63) is 24.3 Å². The Balaban J connectivity index is 2.18. The molecule has 0 aliphatic carbocycles. The van der Waals surface area contributed by atoms with Crippen LogP contribution in [0.15, 0.2) is 24.3 Å². The molecular formula is C17H28N2O. The highest BCUT2D eigenvalue weighted by molar-refractivity contribution is 5.59. The minimum Gasteiger partial charge on any atom is -0.491 e. The van der Waals surface area contributed by atoms with Crippen molar-refractivity contribution in [3.8, 4) is 5.75 Å². The summed E-state index contributed by atoms with van der Waals surface area (Å²) in [5.41, 5.74) is 1.25. The quantitative estimate of drug-likeness (QED) is 0.807. The number of anilines is 1. The van der Waals surface area contributed by atoms with Crippen LogP contribution in [0.5, 0.6) is 5.75 Å². The molecule has 2 rings (SSSR count). The molecule has 112 valence electrons. The van der Waals surface area contributed by atoms with Crippen molar-refractivity contribution in [3.63, 3.8) is 0 Å². The maximum atomic E-state index is 5.87. The Morgan fingerprint density at radius 3 is 2.85 bits per heavy atom. The van der Waals surface area contributed by atoms with Crippen LogP contribution in [-0.2, 0) is 0 Å². The lowest BCUT2D eigenvalue weighted by Gasteiger charge is -2.36. The molecule has 1 aliphatic heterocycles. The Bertz CT molecular complexity index is 406. The second-order valence-corrected chi connectivity index (χ2v) is 5.88. The normalized spacial score (nSPS) is 16.5. The van der Waals surface area contributed by atoms with Crippen LogP contribution >= 0.6 is 0 Å². The third-order valence-corrected chi connectivity index (χ3v) is 3.93. The summed E-state index contributed by atoms with van der Waals surface area (Å²) in [6.07, 6.45) is 2.27. The summed E-state index contributed by atoms with van der Waals surface area (Å²) in [5, 5.41) is 3.58. The van der Waals surface area contributed by atoms with E-state index in [4.69, 9.17) is 4.74 Å². The number of benzene rings is 1. The van der Waals surface area contributed by atoms with E-state index in [9.17, 15) is 0 Å².